The Morgan fingerprint density at radius 3 is 2.69 bits per heavy atom. The largest absolute Gasteiger partial charge is 0.475 e. The van der Waals surface area contributed by atoms with E-state index in [1.54, 1.807) is 0 Å². The SMILES string of the molecule is Cc1ccc(-n2nnc(C(=O)O)n2)c(C)c1. The van der Waals surface area contributed by atoms with Gasteiger partial charge in [-0.15, -0.1) is 15.0 Å². The van der Waals surface area contributed by atoms with E-state index in [-0.39, 0.29) is 5.82 Å². The van der Waals surface area contributed by atoms with Crippen molar-refractivity contribution in [3.8, 4) is 5.69 Å². The van der Waals surface area contributed by atoms with Crippen molar-refractivity contribution in [2.45, 2.75) is 13.8 Å². The lowest BCUT2D eigenvalue weighted by molar-refractivity contribution is 0.0683. The number of carbonyl (C=O) groups is 1. The van der Waals surface area contributed by atoms with E-state index in [0.29, 0.717) is 0 Å². The van der Waals surface area contributed by atoms with Gasteiger partial charge in [-0.3, -0.25) is 0 Å². The third kappa shape index (κ3) is 1.77. The highest BCUT2D eigenvalue weighted by molar-refractivity contribution is 5.82. The molecule has 0 radical (unpaired) electrons. The zero-order valence-corrected chi connectivity index (χ0v) is 8.88. The fourth-order valence-corrected chi connectivity index (χ4v) is 1.43. The lowest BCUT2D eigenvalue weighted by Crippen LogP contribution is -2.04. The summed E-state index contributed by atoms with van der Waals surface area (Å²) in [5.41, 5.74) is 2.82. The molecule has 1 heterocycles. The molecule has 1 aromatic carbocycles. The van der Waals surface area contributed by atoms with E-state index in [4.69, 9.17) is 5.11 Å². The summed E-state index contributed by atoms with van der Waals surface area (Å²) in [7, 11) is 0. The molecular weight excluding hydrogens is 208 g/mol. The highest BCUT2D eigenvalue weighted by Gasteiger charge is 2.12. The highest BCUT2D eigenvalue weighted by atomic mass is 16.4. The molecule has 0 bridgehead atoms. The second-order valence-electron chi connectivity index (χ2n) is 3.50. The topological polar surface area (TPSA) is 80.9 Å². The van der Waals surface area contributed by atoms with Crippen LogP contribution in [0.1, 0.15) is 21.7 Å². The number of tetrazole rings is 1. The van der Waals surface area contributed by atoms with Gasteiger partial charge in [-0.1, -0.05) is 17.7 Å². The first kappa shape index (κ1) is 10.3. The molecule has 0 spiro atoms. The number of rotatable bonds is 2. The van der Waals surface area contributed by atoms with Gasteiger partial charge in [-0.05, 0) is 30.7 Å². The number of carboxylic acids is 1. The van der Waals surface area contributed by atoms with E-state index in [1.807, 2.05) is 32.0 Å². The van der Waals surface area contributed by atoms with Crippen molar-refractivity contribution in [2.75, 3.05) is 0 Å². The minimum atomic E-state index is -1.18. The van der Waals surface area contributed by atoms with Crippen LogP contribution >= 0.6 is 0 Å². The minimum Gasteiger partial charge on any atom is -0.475 e. The Hall–Kier alpha value is -2.24. The monoisotopic (exact) mass is 218 g/mol. The average Bonchev–Trinajstić information content (AvgIpc) is 2.66. The fraction of sp³-hybridized carbons (Fsp3) is 0.200. The summed E-state index contributed by atoms with van der Waals surface area (Å²) in [5.74, 6) is -1.49. The smallest absolute Gasteiger partial charge is 0.377 e. The number of hydrogen-bond acceptors (Lipinski definition) is 4. The van der Waals surface area contributed by atoms with Gasteiger partial charge in [0.1, 0.15) is 0 Å². The third-order valence-electron chi connectivity index (χ3n) is 2.17. The number of aryl methyl sites for hydroxylation is 2. The van der Waals surface area contributed by atoms with Crippen molar-refractivity contribution >= 4 is 5.97 Å². The van der Waals surface area contributed by atoms with Crippen LogP contribution in [0.25, 0.3) is 5.69 Å². The molecule has 6 heteroatoms. The molecule has 0 unspecified atom stereocenters. The van der Waals surface area contributed by atoms with Crippen LogP contribution in [0.4, 0.5) is 0 Å². The fourth-order valence-electron chi connectivity index (χ4n) is 1.43. The summed E-state index contributed by atoms with van der Waals surface area (Å²) < 4.78 is 0. The molecule has 0 aliphatic carbocycles. The Morgan fingerprint density at radius 1 is 1.38 bits per heavy atom. The quantitative estimate of drug-likeness (QED) is 0.812. The lowest BCUT2D eigenvalue weighted by atomic mass is 10.1. The van der Waals surface area contributed by atoms with E-state index in [9.17, 15) is 4.79 Å². The molecule has 0 atom stereocenters. The molecule has 6 nitrogen and oxygen atoms in total. The third-order valence-corrected chi connectivity index (χ3v) is 2.17. The molecule has 0 saturated heterocycles. The van der Waals surface area contributed by atoms with Gasteiger partial charge in [0, 0.05) is 0 Å². The van der Waals surface area contributed by atoms with E-state index in [1.165, 1.54) is 4.80 Å². The van der Waals surface area contributed by atoms with Gasteiger partial charge in [-0.25, -0.2) is 4.79 Å². The molecule has 2 rings (SSSR count). The number of aromatic carboxylic acids is 1. The van der Waals surface area contributed by atoms with E-state index < -0.39 is 5.97 Å². The molecule has 0 fully saturated rings. The maximum Gasteiger partial charge on any atom is 0.377 e. The first-order valence-corrected chi connectivity index (χ1v) is 4.69. The Bertz CT molecular complexity index is 548. The number of benzene rings is 1. The van der Waals surface area contributed by atoms with Crippen molar-refractivity contribution in [1.29, 1.82) is 0 Å². The Labute approximate surface area is 91.5 Å². The summed E-state index contributed by atoms with van der Waals surface area (Å²) in [5, 5.41) is 19.6. The van der Waals surface area contributed by atoms with Crippen LogP contribution in [-0.4, -0.2) is 31.3 Å². The van der Waals surface area contributed by atoms with Crippen molar-refractivity contribution in [1.82, 2.24) is 20.2 Å². The normalized spacial score (nSPS) is 10.4. The van der Waals surface area contributed by atoms with Crippen LogP contribution in [-0.2, 0) is 0 Å². The maximum absolute atomic E-state index is 10.6. The average molecular weight is 218 g/mol. The van der Waals surface area contributed by atoms with Crippen LogP contribution in [0.3, 0.4) is 0 Å². The molecule has 16 heavy (non-hydrogen) atoms. The zero-order valence-electron chi connectivity index (χ0n) is 8.88. The molecule has 0 amide bonds. The second-order valence-corrected chi connectivity index (χ2v) is 3.50. The minimum absolute atomic E-state index is 0.306. The number of aromatic nitrogens is 4. The molecule has 2 aromatic rings. The van der Waals surface area contributed by atoms with Crippen LogP contribution in [0.5, 0.6) is 0 Å². The summed E-state index contributed by atoms with van der Waals surface area (Å²) in [4.78, 5) is 11.8. The van der Waals surface area contributed by atoms with Crippen molar-refractivity contribution < 1.29 is 9.90 Å². The number of nitrogens with zero attached hydrogens (tertiary/aromatic N) is 4. The summed E-state index contributed by atoms with van der Waals surface area (Å²) >= 11 is 0. The van der Waals surface area contributed by atoms with E-state index >= 15 is 0 Å². The zero-order chi connectivity index (χ0) is 11.7. The van der Waals surface area contributed by atoms with Crippen molar-refractivity contribution in [3.63, 3.8) is 0 Å². The number of carboxylic acid groups (broad SMARTS) is 1. The van der Waals surface area contributed by atoms with Gasteiger partial charge >= 0.3 is 5.97 Å². The summed E-state index contributed by atoms with van der Waals surface area (Å²) in [6, 6.07) is 5.71. The van der Waals surface area contributed by atoms with E-state index in [2.05, 4.69) is 15.4 Å². The molecule has 1 N–H and O–H groups in total. The summed E-state index contributed by atoms with van der Waals surface area (Å²) in [6.07, 6.45) is 0. The Morgan fingerprint density at radius 2 is 2.12 bits per heavy atom. The second kappa shape index (κ2) is 3.73. The maximum atomic E-state index is 10.6. The standard InChI is InChI=1S/C10H10N4O2/c1-6-3-4-8(7(2)5-6)14-12-9(10(15)16)11-13-14/h3-5H,1-2H3,(H,15,16). The molecular formula is C10H10N4O2. The van der Waals surface area contributed by atoms with Gasteiger partial charge < -0.3 is 5.11 Å². The summed E-state index contributed by atoms with van der Waals surface area (Å²) in [6.45, 7) is 3.89. The predicted molar refractivity (Wildman–Crippen MR) is 55.6 cm³/mol. The number of hydrogen-bond donors (Lipinski definition) is 1. The first-order chi connectivity index (χ1) is 7.58. The highest BCUT2D eigenvalue weighted by Crippen LogP contribution is 2.13. The lowest BCUT2D eigenvalue weighted by Gasteiger charge is -2.03. The van der Waals surface area contributed by atoms with Gasteiger partial charge in [0.25, 0.3) is 5.82 Å². The molecule has 0 aliphatic rings. The van der Waals surface area contributed by atoms with E-state index in [0.717, 1.165) is 16.8 Å². The Balaban J connectivity index is 2.46. The van der Waals surface area contributed by atoms with Crippen LogP contribution < -0.4 is 0 Å². The van der Waals surface area contributed by atoms with Gasteiger partial charge in [0.15, 0.2) is 0 Å². The van der Waals surface area contributed by atoms with Crippen LogP contribution in [0.2, 0.25) is 0 Å². The van der Waals surface area contributed by atoms with Crippen LogP contribution in [0, 0.1) is 13.8 Å². The first-order valence-electron chi connectivity index (χ1n) is 4.69. The van der Waals surface area contributed by atoms with Crippen molar-refractivity contribution in [3.05, 3.63) is 35.2 Å². The Kier molecular flexibility index (Phi) is 2.40. The van der Waals surface area contributed by atoms with Gasteiger partial charge in [0.2, 0.25) is 0 Å². The van der Waals surface area contributed by atoms with Crippen molar-refractivity contribution in [2.24, 2.45) is 0 Å². The van der Waals surface area contributed by atoms with Gasteiger partial charge in [0.05, 0.1) is 5.69 Å². The molecule has 0 saturated carbocycles. The predicted octanol–water partition coefficient (Wildman–Crippen LogP) is 0.977. The van der Waals surface area contributed by atoms with Crippen LogP contribution in [0.15, 0.2) is 18.2 Å². The molecule has 0 aliphatic heterocycles. The molecule has 82 valence electrons. The van der Waals surface area contributed by atoms with Gasteiger partial charge in [-0.2, -0.15) is 0 Å². The molecule has 1 aromatic heterocycles.